The molecule has 196 valence electrons. The normalized spacial score (nSPS) is 21.9. The molecular weight excluding hydrogens is 505 g/mol. The lowest BCUT2D eigenvalue weighted by atomic mass is 9.71. The van der Waals surface area contributed by atoms with Gasteiger partial charge < -0.3 is 15.5 Å². The number of nitrogens with one attached hydrogen (secondary N) is 1. The Morgan fingerprint density at radius 1 is 1.05 bits per heavy atom. The van der Waals surface area contributed by atoms with Crippen LogP contribution in [0.4, 0.5) is 24.8 Å². The number of carboxylic acid groups (broad SMARTS) is 1. The summed E-state index contributed by atoms with van der Waals surface area (Å²) in [5.74, 6) is -1.21. The van der Waals surface area contributed by atoms with E-state index in [0.717, 1.165) is 41.1 Å². The van der Waals surface area contributed by atoms with Crippen molar-refractivity contribution in [1.82, 2.24) is 15.0 Å². The largest absolute Gasteiger partial charge is 0.481 e. The van der Waals surface area contributed by atoms with Crippen molar-refractivity contribution in [3.05, 3.63) is 52.9 Å². The average molecular weight is 533 g/mol. The Morgan fingerprint density at radius 2 is 1.73 bits per heavy atom. The van der Waals surface area contributed by atoms with Crippen LogP contribution < -0.4 is 5.32 Å². The number of rotatable bonds is 7. The van der Waals surface area contributed by atoms with E-state index in [-0.39, 0.29) is 23.7 Å². The topological polar surface area (TPSA) is 108 Å². The summed E-state index contributed by atoms with van der Waals surface area (Å²) < 4.78 is 39.1. The van der Waals surface area contributed by atoms with E-state index < -0.39 is 23.4 Å². The first kappa shape index (κ1) is 25.6. The minimum atomic E-state index is -4.57. The van der Waals surface area contributed by atoms with E-state index in [1.54, 1.807) is 18.3 Å². The van der Waals surface area contributed by atoms with Gasteiger partial charge in [-0.15, -0.1) is 11.3 Å². The molecule has 2 aliphatic rings. The highest BCUT2D eigenvalue weighted by atomic mass is 32.1. The predicted octanol–water partition coefficient (Wildman–Crippen LogP) is 6.16. The third-order valence-corrected chi connectivity index (χ3v) is 8.50. The number of carbonyl (C=O) groups is 1. The molecule has 2 aliphatic carbocycles. The highest BCUT2D eigenvalue weighted by molar-refractivity contribution is 7.15. The number of nitrogens with zero attached hydrogens (tertiary/aromatic N) is 3. The van der Waals surface area contributed by atoms with E-state index in [1.165, 1.54) is 11.3 Å². The van der Waals surface area contributed by atoms with Crippen LogP contribution >= 0.6 is 11.3 Å². The molecule has 0 amide bonds. The van der Waals surface area contributed by atoms with Crippen LogP contribution in [-0.4, -0.2) is 31.1 Å². The summed E-state index contributed by atoms with van der Waals surface area (Å²) in [7, 11) is 0. The number of aryl methyl sites for hydroxylation is 1. The molecule has 1 aromatic carbocycles. The Labute approximate surface area is 215 Å². The van der Waals surface area contributed by atoms with E-state index in [0.29, 0.717) is 36.4 Å². The first-order chi connectivity index (χ1) is 17.5. The highest BCUT2D eigenvalue weighted by Gasteiger charge is 2.53. The summed E-state index contributed by atoms with van der Waals surface area (Å²) in [6.45, 7) is 1.88. The highest BCUT2D eigenvalue weighted by Crippen LogP contribution is 2.55. The van der Waals surface area contributed by atoms with E-state index in [1.807, 2.05) is 13.0 Å². The quantitative estimate of drug-likeness (QED) is 0.334. The van der Waals surface area contributed by atoms with Crippen LogP contribution in [0.25, 0.3) is 10.4 Å². The zero-order valence-electron chi connectivity index (χ0n) is 20.1. The lowest BCUT2D eigenvalue weighted by Gasteiger charge is -2.38. The molecule has 3 aromatic rings. The predicted molar refractivity (Wildman–Crippen MR) is 132 cm³/mol. The number of aliphatic hydroxyl groups is 1. The molecule has 2 heterocycles. The van der Waals surface area contributed by atoms with Crippen molar-refractivity contribution in [2.75, 3.05) is 5.32 Å². The van der Waals surface area contributed by atoms with Crippen molar-refractivity contribution >= 4 is 28.9 Å². The standard InChI is InChI=1S/C26H27F3N4O3S/c1-14-10-16(12-19(11-14)32-24-30-9-8-21(33-24)26(27,28)29)20-13-31-23(37-20)25(36,18-6-7-18)17-4-2-15(3-5-17)22(34)35/h8-13,15,17-18,36H,2-7H2,1H3,(H,34,35)(H,30,32,33)/t15?,17?,25-/m1/s1. The molecule has 0 spiro atoms. The van der Waals surface area contributed by atoms with Crippen LogP contribution in [0.3, 0.4) is 0 Å². The molecule has 0 saturated heterocycles. The number of benzene rings is 1. The molecule has 5 rings (SSSR count). The van der Waals surface area contributed by atoms with Gasteiger partial charge in [0.25, 0.3) is 0 Å². The SMILES string of the molecule is Cc1cc(Nc2nccc(C(F)(F)F)n2)cc(-c2cnc([C@@](O)(C3CCC(C(=O)O)CC3)C3CC3)s2)c1. The minimum absolute atomic E-state index is 0.0394. The summed E-state index contributed by atoms with van der Waals surface area (Å²) in [5.41, 5.74) is 0.121. The first-order valence-electron chi connectivity index (χ1n) is 12.2. The molecule has 2 saturated carbocycles. The number of alkyl halides is 3. The van der Waals surface area contributed by atoms with Crippen molar-refractivity contribution in [3.8, 4) is 10.4 Å². The fourth-order valence-corrected chi connectivity index (χ4v) is 6.43. The van der Waals surface area contributed by atoms with Gasteiger partial charge in [-0.2, -0.15) is 13.2 Å². The molecule has 0 unspecified atom stereocenters. The van der Waals surface area contributed by atoms with E-state index in [4.69, 9.17) is 0 Å². The molecule has 37 heavy (non-hydrogen) atoms. The molecule has 7 nitrogen and oxygen atoms in total. The van der Waals surface area contributed by atoms with Crippen LogP contribution in [0, 0.1) is 24.7 Å². The summed E-state index contributed by atoms with van der Waals surface area (Å²) >= 11 is 1.41. The first-order valence-corrected chi connectivity index (χ1v) is 13.1. The summed E-state index contributed by atoms with van der Waals surface area (Å²) in [6.07, 6.45) is 2.45. The number of hydrogen-bond donors (Lipinski definition) is 3. The Morgan fingerprint density at radius 3 is 2.35 bits per heavy atom. The van der Waals surface area contributed by atoms with Gasteiger partial charge in [0, 0.05) is 18.1 Å². The van der Waals surface area contributed by atoms with Crippen LogP contribution in [-0.2, 0) is 16.6 Å². The molecule has 0 aliphatic heterocycles. The Bertz CT molecular complexity index is 1300. The molecule has 1 atom stereocenters. The minimum Gasteiger partial charge on any atom is -0.481 e. The van der Waals surface area contributed by atoms with Gasteiger partial charge in [0.1, 0.15) is 16.3 Å². The molecule has 2 aromatic heterocycles. The Kier molecular flexibility index (Phi) is 6.70. The van der Waals surface area contributed by atoms with Crippen molar-refractivity contribution < 1.29 is 28.2 Å². The second-order valence-electron chi connectivity index (χ2n) is 9.99. The molecule has 0 radical (unpaired) electrons. The monoisotopic (exact) mass is 532 g/mol. The molecule has 0 bridgehead atoms. The maximum Gasteiger partial charge on any atom is 0.433 e. The number of aliphatic carboxylic acids is 1. The van der Waals surface area contributed by atoms with Crippen LogP contribution in [0.1, 0.15) is 54.8 Å². The van der Waals surface area contributed by atoms with Gasteiger partial charge in [0.15, 0.2) is 0 Å². The van der Waals surface area contributed by atoms with Crippen LogP contribution in [0.2, 0.25) is 0 Å². The Hall–Kier alpha value is -3.05. The van der Waals surface area contributed by atoms with Gasteiger partial charge in [0.05, 0.1) is 10.8 Å². The van der Waals surface area contributed by atoms with Gasteiger partial charge >= 0.3 is 12.1 Å². The van der Waals surface area contributed by atoms with Crippen LogP contribution in [0.15, 0.2) is 36.7 Å². The van der Waals surface area contributed by atoms with Crippen molar-refractivity contribution in [3.63, 3.8) is 0 Å². The van der Waals surface area contributed by atoms with E-state index >= 15 is 0 Å². The lowest BCUT2D eigenvalue weighted by molar-refractivity contribution is -0.145. The fraction of sp³-hybridized carbons (Fsp3) is 0.462. The second-order valence-corrected chi connectivity index (χ2v) is 11.0. The maximum atomic E-state index is 13.0. The zero-order chi connectivity index (χ0) is 26.4. The van der Waals surface area contributed by atoms with Gasteiger partial charge in [-0.3, -0.25) is 4.79 Å². The molecule has 2 fully saturated rings. The molecular formula is C26H27F3N4O3S. The number of halogens is 3. The Balaban J connectivity index is 1.39. The second kappa shape index (κ2) is 9.68. The van der Waals surface area contributed by atoms with Gasteiger partial charge in [-0.05, 0) is 86.6 Å². The van der Waals surface area contributed by atoms with Crippen molar-refractivity contribution in [2.24, 2.45) is 17.8 Å². The molecule has 3 N–H and O–H groups in total. The third-order valence-electron chi connectivity index (χ3n) is 7.31. The van der Waals surface area contributed by atoms with Crippen molar-refractivity contribution in [1.29, 1.82) is 0 Å². The summed E-state index contributed by atoms with van der Waals surface area (Å²) in [6, 6.07) is 6.35. The van der Waals surface area contributed by atoms with Crippen LogP contribution in [0.5, 0.6) is 0 Å². The van der Waals surface area contributed by atoms with E-state index in [9.17, 15) is 28.2 Å². The number of carboxylic acids is 1. The zero-order valence-corrected chi connectivity index (χ0v) is 20.9. The average Bonchev–Trinajstić information content (AvgIpc) is 3.59. The van der Waals surface area contributed by atoms with Gasteiger partial charge in [0.2, 0.25) is 5.95 Å². The number of anilines is 2. The third kappa shape index (κ3) is 5.33. The number of hydrogen-bond acceptors (Lipinski definition) is 7. The maximum absolute atomic E-state index is 13.0. The smallest absolute Gasteiger partial charge is 0.433 e. The van der Waals surface area contributed by atoms with Crippen molar-refractivity contribution in [2.45, 2.75) is 57.2 Å². The van der Waals surface area contributed by atoms with E-state index in [2.05, 4.69) is 20.3 Å². The summed E-state index contributed by atoms with van der Waals surface area (Å²) in [4.78, 5) is 24.3. The van der Waals surface area contributed by atoms with Gasteiger partial charge in [-0.1, -0.05) is 6.07 Å². The number of aromatic nitrogens is 3. The molecule has 11 heteroatoms. The fourth-order valence-electron chi connectivity index (χ4n) is 5.28. The summed E-state index contributed by atoms with van der Waals surface area (Å²) in [5, 5.41) is 24.8. The lowest BCUT2D eigenvalue weighted by Crippen LogP contribution is -2.40. The van der Waals surface area contributed by atoms with Gasteiger partial charge in [-0.25, -0.2) is 15.0 Å². The number of thiazole rings is 1.